The molecule has 2 heterocycles. The molecule has 0 aromatic carbocycles. The van der Waals surface area contributed by atoms with E-state index < -0.39 is 6.10 Å². The van der Waals surface area contributed by atoms with Crippen LogP contribution in [0.25, 0.3) is 0 Å². The molecule has 2 atom stereocenters. The smallest absolute Gasteiger partial charge is 0.239 e. The third-order valence-electron chi connectivity index (χ3n) is 2.88. The standard InChI is InChI=1S/C10H15N3O2/c11-6-8-7-13(4-5-15-8)10(14)9-2-1-3-12-9/h8-9,12H,1-5,7H2. The summed E-state index contributed by atoms with van der Waals surface area (Å²) in [7, 11) is 0. The molecular formula is C10H15N3O2. The first kappa shape index (κ1) is 10.4. The molecule has 2 rings (SSSR count). The van der Waals surface area contributed by atoms with Crippen molar-refractivity contribution in [1.29, 1.82) is 5.26 Å². The molecule has 2 aliphatic rings. The van der Waals surface area contributed by atoms with Gasteiger partial charge in [0.15, 0.2) is 6.10 Å². The second-order valence-electron chi connectivity index (χ2n) is 3.92. The van der Waals surface area contributed by atoms with E-state index in [0.717, 1.165) is 19.4 Å². The zero-order valence-electron chi connectivity index (χ0n) is 8.61. The van der Waals surface area contributed by atoms with E-state index in [-0.39, 0.29) is 11.9 Å². The Kier molecular flexibility index (Phi) is 3.19. The number of carbonyl (C=O) groups excluding carboxylic acids is 1. The van der Waals surface area contributed by atoms with Crippen LogP contribution in [0.4, 0.5) is 0 Å². The zero-order chi connectivity index (χ0) is 10.7. The molecule has 0 aromatic rings. The maximum atomic E-state index is 12.0. The summed E-state index contributed by atoms with van der Waals surface area (Å²) in [6.07, 6.45) is 1.51. The summed E-state index contributed by atoms with van der Waals surface area (Å²) < 4.78 is 5.19. The molecule has 0 spiro atoms. The van der Waals surface area contributed by atoms with Crippen LogP contribution in [-0.2, 0) is 9.53 Å². The van der Waals surface area contributed by atoms with Crippen LogP contribution in [0.3, 0.4) is 0 Å². The number of hydrogen-bond donors (Lipinski definition) is 1. The molecule has 0 saturated carbocycles. The van der Waals surface area contributed by atoms with Gasteiger partial charge in [0.2, 0.25) is 5.91 Å². The highest BCUT2D eigenvalue weighted by molar-refractivity contribution is 5.82. The van der Waals surface area contributed by atoms with Crippen molar-refractivity contribution >= 4 is 5.91 Å². The minimum absolute atomic E-state index is 0.0394. The molecule has 2 unspecified atom stereocenters. The number of amides is 1. The van der Waals surface area contributed by atoms with E-state index in [4.69, 9.17) is 10.00 Å². The van der Waals surface area contributed by atoms with Gasteiger partial charge in [0, 0.05) is 6.54 Å². The topological polar surface area (TPSA) is 65.4 Å². The Morgan fingerprint density at radius 2 is 2.47 bits per heavy atom. The summed E-state index contributed by atoms with van der Waals surface area (Å²) >= 11 is 0. The van der Waals surface area contributed by atoms with Gasteiger partial charge in [0.1, 0.15) is 0 Å². The van der Waals surface area contributed by atoms with Crippen LogP contribution in [-0.4, -0.2) is 49.2 Å². The Labute approximate surface area is 89.0 Å². The molecule has 0 radical (unpaired) electrons. The van der Waals surface area contributed by atoms with Crippen molar-refractivity contribution in [2.24, 2.45) is 0 Å². The van der Waals surface area contributed by atoms with Crippen LogP contribution in [0.1, 0.15) is 12.8 Å². The Morgan fingerprint density at radius 3 is 3.13 bits per heavy atom. The van der Waals surface area contributed by atoms with Crippen LogP contribution in [0.15, 0.2) is 0 Å². The van der Waals surface area contributed by atoms with Crippen LogP contribution >= 0.6 is 0 Å². The van der Waals surface area contributed by atoms with Gasteiger partial charge < -0.3 is 15.0 Å². The summed E-state index contributed by atoms with van der Waals surface area (Å²) in [5.74, 6) is 0.121. The first-order valence-electron chi connectivity index (χ1n) is 5.34. The molecule has 5 nitrogen and oxygen atoms in total. The number of nitriles is 1. The molecule has 0 aromatic heterocycles. The van der Waals surface area contributed by atoms with Gasteiger partial charge in [-0.1, -0.05) is 0 Å². The first-order valence-corrected chi connectivity index (χ1v) is 5.34. The molecule has 2 saturated heterocycles. The number of rotatable bonds is 1. The second-order valence-corrected chi connectivity index (χ2v) is 3.92. The molecule has 0 bridgehead atoms. The van der Waals surface area contributed by atoms with E-state index in [1.807, 2.05) is 6.07 Å². The van der Waals surface area contributed by atoms with Crippen LogP contribution in [0.5, 0.6) is 0 Å². The normalized spacial score (nSPS) is 31.3. The molecule has 1 amide bonds. The summed E-state index contributed by atoms with van der Waals surface area (Å²) in [5.41, 5.74) is 0. The maximum Gasteiger partial charge on any atom is 0.239 e. The van der Waals surface area contributed by atoms with Crippen molar-refractivity contribution in [1.82, 2.24) is 10.2 Å². The fraction of sp³-hybridized carbons (Fsp3) is 0.800. The Hall–Kier alpha value is -1.12. The SMILES string of the molecule is N#CC1CN(C(=O)C2CCCN2)CCO1. The lowest BCUT2D eigenvalue weighted by Gasteiger charge is -2.31. The van der Waals surface area contributed by atoms with Crippen molar-refractivity contribution in [3.05, 3.63) is 0 Å². The van der Waals surface area contributed by atoms with Crippen LogP contribution in [0, 0.1) is 11.3 Å². The highest BCUT2D eigenvalue weighted by Gasteiger charge is 2.30. The predicted molar refractivity (Wildman–Crippen MR) is 53.0 cm³/mol. The van der Waals surface area contributed by atoms with Gasteiger partial charge in [-0.2, -0.15) is 5.26 Å². The number of nitrogens with zero attached hydrogens (tertiary/aromatic N) is 2. The largest absolute Gasteiger partial charge is 0.360 e. The quantitative estimate of drug-likeness (QED) is 0.631. The summed E-state index contributed by atoms with van der Waals surface area (Å²) in [6, 6.07) is 2.00. The molecule has 2 aliphatic heterocycles. The van der Waals surface area contributed by atoms with E-state index in [2.05, 4.69) is 5.32 Å². The van der Waals surface area contributed by atoms with E-state index in [9.17, 15) is 4.79 Å². The van der Waals surface area contributed by atoms with Crippen LogP contribution in [0.2, 0.25) is 0 Å². The van der Waals surface area contributed by atoms with E-state index in [0.29, 0.717) is 19.7 Å². The lowest BCUT2D eigenvalue weighted by Crippen LogP contribution is -2.50. The minimum atomic E-state index is -0.455. The fourth-order valence-corrected chi connectivity index (χ4v) is 2.04. The van der Waals surface area contributed by atoms with Gasteiger partial charge in [-0.25, -0.2) is 0 Å². The highest BCUT2D eigenvalue weighted by atomic mass is 16.5. The number of ether oxygens (including phenoxy) is 1. The summed E-state index contributed by atoms with van der Waals surface area (Å²) in [4.78, 5) is 13.7. The third-order valence-corrected chi connectivity index (χ3v) is 2.88. The number of morpholine rings is 1. The molecule has 2 fully saturated rings. The van der Waals surface area contributed by atoms with Crippen molar-refractivity contribution in [2.45, 2.75) is 25.0 Å². The van der Waals surface area contributed by atoms with Gasteiger partial charge in [0.05, 0.1) is 25.3 Å². The lowest BCUT2D eigenvalue weighted by atomic mass is 10.2. The average Bonchev–Trinajstić information content (AvgIpc) is 2.81. The maximum absolute atomic E-state index is 12.0. The second kappa shape index (κ2) is 4.60. The van der Waals surface area contributed by atoms with Gasteiger partial charge in [0.25, 0.3) is 0 Å². The number of nitrogens with one attached hydrogen (secondary N) is 1. The zero-order valence-corrected chi connectivity index (χ0v) is 8.61. The number of carbonyl (C=O) groups is 1. The molecule has 1 N–H and O–H groups in total. The van der Waals surface area contributed by atoms with Gasteiger partial charge in [-0.15, -0.1) is 0 Å². The lowest BCUT2D eigenvalue weighted by molar-refractivity contribution is -0.138. The van der Waals surface area contributed by atoms with Crippen molar-refractivity contribution in [3.8, 4) is 6.07 Å². The molecule has 5 heteroatoms. The minimum Gasteiger partial charge on any atom is -0.360 e. The van der Waals surface area contributed by atoms with E-state index in [1.165, 1.54) is 0 Å². The Balaban J connectivity index is 1.92. The van der Waals surface area contributed by atoms with Gasteiger partial charge in [-0.3, -0.25) is 4.79 Å². The highest BCUT2D eigenvalue weighted by Crippen LogP contribution is 2.11. The monoisotopic (exact) mass is 209 g/mol. The Morgan fingerprint density at radius 1 is 1.60 bits per heavy atom. The molecule has 0 aliphatic carbocycles. The Bertz CT molecular complexity index is 281. The van der Waals surface area contributed by atoms with E-state index >= 15 is 0 Å². The fourth-order valence-electron chi connectivity index (χ4n) is 2.04. The molecule has 82 valence electrons. The van der Waals surface area contributed by atoms with Crippen molar-refractivity contribution in [3.63, 3.8) is 0 Å². The number of hydrogen-bond acceptors (Lipinski definition) is 4. The van der Waals surface area contributed by atoms with Crippen molar-refractivity contribution < 1.29 is 9.53 Å². The van der Waals surface area contributed by atoms with Crippen LogP contribution < -0.4 is 5.32 Å². The van der Waals surface area contributed by atoms with E-state index in [1.54, 1.807) is 4.90 Å². The third kappa shape index (κ3) is 2.28. The van der Waals surface area contributed by atoms with Crippen molar-refractivity contribution in [2.75, 3.05) is 26.2 Å². The molecule has 15 heavy (non-hydrogen) atoms. The predicted octanol–water partition coefficient (Wildman–Crippen LogP) is -0.511. The molecular weight excluding hydrogens is 194 g/mol. The first-order chi connectivity index (χ1) is 7.31. The van der Waals surface area contributed by atoms with Gasteiger partial charge in [-0.05, 0) is 19.4 Å². The summed E-state index contributed by atoms with van der Waals surface area (Å²) in [5, 5.41) is 11.9. The van der Waals surface area contributed by atoms with Gasteiger partial charge >= 0.3 is 0 Å². The average molecular weight is 209 g/mol. The summed E-state index contributed by atoms with van der Waals surface area (Å²) in [6.45, 7) is 2.40.